The number of rotatable bonds is 8. The van der Waals surface area contributed by atoms with Crippen molar-refractivity contribution >= 4 is 10.0 Å². The van der Waals surface area contributed by atoms with Crippen molar-refractivity contribution in [3.63, 3.8) is 0 Å². The van der Waals surface area contributed by atoms with Crippen LogP contribution in [0, 0.1) is 18.8 Å². The van der Waals surface area contributed by atoms with Crippen LogP contribution in [0.15, 0.2) is 15.4 Å². The third kappa shape index (κ3) is 3.84. The molecular formula is C14H24N2O3S. The van der Waals surface area contributed by atoms with Crippen molar-refractivity contribution < 1.29 is 12.8 Å². The van der Waals surface area contributed by atoms with Gasteiger partial charge in [-0.2, -0.15) is 0 Å². The van der Waals surface area contributed by atoms with E-state index in [0.29, 0.717) is 36.4 Å². The highest BCUT2D eigenvalue weighted by Gasteiger charge is 2.29. The predicted octanol–water partition coefficient (Wildman–Crippen LogP) is 2.02. The molecular weight excluding hydrogens is 276 g/mol. The van der Waals surface area contributed by atoms with E-state index in [-0.39, 0.29) is 4.90 Å². The normalized spacial score (nSPS) is 17.4. The van der Waals surface area contributed by atoms with Crippen LogP contribution in [-0.2, 0) is 16.6 Å². The van der Waals surface area contributed by atoms with Crippen LogP contribution in [0.3, 0.4) is 0 Å². The van der Waals surface area contributed by atoms with Crippen molar-refractivity contribution in [1.82, 2.24) is 10.0 Å². The summed E-state index contributed by atoms with van der Waals surface area (Å²) in [7, 11) is -3.47. The second kappa shape index (κ2) is 6.28. The smallest absolute Gasteiger partial charge is 0.244 e. The maximum absolute atomic E-state index is 12.3. The van der Waals surface area contributed by atoms with E-state index in [1.165, 1.54) is 12.8 Å². The van der Waals surface area contributed by atoms with Gasteiger partial charge in [0.25, 0.3) is 0 Å². The first-order valence-corrected chi connectivity index (χ1v) is 8.72. The van der Waals surface area contributed by atoms with Crippen molar-refractivity contribution in [2.75, 3.05) is 13.1 Å². The molecule has 0 saturated heterocycles. The van der Waals surface area contributed by atoms with E-state index in [9.17, 15) is 8.42 Å². The Morgan fingerprint density at radius 2 is 2.15 bits per heavy atom. The second-order valence-electron chi connectivity index (χ2n) is 5.58. The molecule has 0 aromatic carbocycles. The Balaban J connectivity index is 2.02. The molecule has 0 radical (unpaired) electrons. The standard InChI is InChI=1S/C14H24N2O3S/c1-4-15-9-13-7-14(11(3)19-13)20(17,18)16-8-10(2)12-5-6-12/h7,10,12,15-16H,4-6,8-9H2,1-3H3. The average Bonchev–Trinajstić information content (AvgIpc) is 3.17. The van der Waals surface area contributed by atoms with Crippen LogP contribution in [0.1, 0.15) is 38.2 Å². The van der Waals surface area contributed by atoms with Gasteiger partial charge < -0.3 is 9.73 Å². The molecule has 114 valence electrons. The Bertz CT molecular complexity index is 547. The fourth-order valence-corrected chi connectivity index (χ4v) is 3.62. The van der Waals surface area contributed by atoms with E-state index in [0.717, 1.165) is 6.54 Å². The number of hydrogen-bond acceptors (Lipinski definition) is 4. The molecule has 1 aromatic heterocycles. The lowest BCUT2D eigenvalue weighted by molar-refractivity contribution is 0.459. The van der Waals surface area contributed by atoms with Gasteiger partial charge in [-0.1, -0.05) is 13.8 Å². The summed E-state index contributed by atoms with van der Waals surface area (Å²) >= 11 is 0. The first-order chi connectivity index (χ1) is 9.44. The van der Waals surface area contributed by atoms with Gasteiger partial charge in [-0.05, 0) is 38.1 Å². The molecule has 0 amide bonds. The molecule has 5 nitrogen and oxygen atoms in total. The van der Waals surface area contributed by atoms with Crippen LogP contribution in [0.25, 0.3) is 0 Å². The monoisotopic (exact) mass is 300 g/mol. The van der Waals surface area contributed by atoms with Crippen LogP contribution < -0.4 is 10.0 Å². The summed E-state index contributed by atoms with van der Waals surface area (Å²) in [5.41, 5.74) is 0. The average molecular weight is 300 g/mol. The number of furan rings is 1. The van der Waals surface area contributed by atoms with E-state index < -0.39 is 10.0 Å². The van der Waals surface area contributed by atoms with Gasteiger partial charge in [-0.3, -0.25) is 0 Å². The SMILES string of the molecule is CCNCc1cc(S(=O)(=O)NCC(C)C2CC2)c(C)o1. The molecule has 2 N–H and O–H groups in total. The topological polar surface area (TPSA) is 71.3 Å². The largest absolute Gasteiger partial charge is 0.464 e. The van der Waals surface area contributed by atoms with Gasteiger partial charge in [0.2, 0.25) is 10.0 Å². The quantitative estimate of drug-likeness (QED) is 0.770. The zero-order valence-corrected chi connectivity index (χ0v) is 13.2. The molecule has 0 bridgehead atoms. The Kier molecular flexibility index (Phi) is 4.88. The molecule has 1 fully saturated rings. The Morgan fingerprint density at radius 3 is 2.75 bits per heavy atom. The molecule has 1 aliphatic carbocycles. The molecule has 0 spiro atoms. The lowest BCUT2D eigenvalue weighted by atomic mass is 10.1. The lowest BCUT2D eigenvalue weighted by Gasteiger charge is -2.11. The minimum Gasteiger partial charge on any atom is -0.464 e. The van der Waals surface area contributed by atoms with Crippen molar-refractivity contribution in [3.05, 3.63) is 17.6 Å². The van der Waals surface area contributed by atoms with E-state index in [4.69, 9.17) is 4.42 Å². The molecule has 1 unspecified atom stereocenters. The maximum Gasteiger partial charge on any atom is 0.244 e. The zero-order valence-electron chi connectivity index (χ0n) is 12.4. The predicted molar refractivity (Wildman–Crippen MR) is 77.9 cm³/mol. The Labute approximate surface area is 121 Å². The summed E-state index contributed by atoms with van der Waals surface area (Å²) in [4.78, 5) is 0.258. The molecule has 1 saturated carbocycles. The van der Waals surface area contributed by atoms with Crippen molar-refractivity contribution in [2.45, 2.75) is 45.1 Å². The molecule has 2 rings (SSSR count). The summed E-state index contributed by atoms with van der Waals surface area (Å²) in [6.45, 7) is 7.64. The molecule has 0 aliphatic heterocycles. The van der Waals surface area contributed by atoms with E-state index in [1.54, 1.807) is 13.0 Å². The molecule has 1 aromatic rings. The summed E-state index contributed by atoms with van der Waals surface area (Å²) in [5, 5.41) is 3.12. The molecule has 1 atom stereocenters. The molecule has 1 aliphatic rings. The lowest BCUT2D eigenvalue weighted by Crippen LogP contribution is -2.29. The van der Waals surface area contributed by atoms with E-state index >= 15 is 0 Å². The van der Waals surface area contributed by atoms with Gasteiger partial charge in [0.15, 0.2) is 0 Å². The fraction of sp³-hybridized carbons (Fsp3) is 0.714. The minimum atomic E-state index is -3.47. The molecule has 20 heavy (non-hydrogen) atoms. The van der Waals surface area contributed by atoms with Crippen molar-refractivity contribution in [1.29, 1.82) is 0 Å². The van der Waals surface area contributed by atoms with Gasteiger partial charge >= 0.3 is 0 Å². The van der Waals surface area contributed by atoms with Crippen molar-refractivity contribution in [3.8, 4) is 0 Å². The highest BCUT2D eigenvalue weighted by molar-refractivity contribution is 7.89. The third-order valence-corrected chi connectivity index (χ3v) is 5.32. The maximum atomic E-state index is 12.3. The summed E-state index contributed by atoms with van der Waals surface area (Å²) in [6, 6.07) is 1.61. The Hall–Kier alpha value is -0.850. The Morgan fingerprint density at radius 1 is 1.45 bits per heavy atom. The van der Waals surface area contributed by atoms with Gasteiger partial charge in [0.1, 0.15) is 16.4 Å². The summed E-state index contributed by atoms with van der Waals surface area (Å²) in [5.74, 6) is 2.19. The summed E-state index contributed by atoms with van der Waals surface area (Å²) in [6.07, 6.45) is 2.45. The third-order valence-electron chi connectivity index (χ3n) is 3.78. The van der Waals surface area contributed by atoms with Gasteiger partial charge in [0, 0.05) is 12.6 Å². The first kappa shape index (κ1) is 15.5. The molecule has 1 heterocycles. The van der Waals surface area contributed by atoms with E-state index in [1.807, 2.05) is 6.92 Å². The fourth-order valence-electron chi connectivity index (χ4n) is 2.28. The van der Waals surface area contributed by atoms with Crippen molar-refractivity contribution in [2.24, 2.45) is 11.8 Å². The van der Waals surface area contributed by atoms with Crippen LogP contribution in [0.2, 0.25) is 0 Å². The van der Waals surface area contributed by atoms with E-state index in [2.05, 4.69) is 17.0 Å². The van der Waals surface area contributed by atoms with Crippen LogP contribution in [0.5, 0.6) is 0 Å². The highest BCUT2D eigenvalue weighted by Crippen LogP contribution is 2.36. The number of nitrogens with one attached hydrogen (secondary N) is 2. The van der Waals surface area contributed by atoms with Crippen LogP contribution in [0.4, 0.5) is 0 Å². The molecule has 6 heteroatoms. The first-order valence-electron chi connectivity index (χ1n) is 7.23. The van der Waals surface area contributed by atoms with Crippen LogP contribution in [-0.4, -0.2) is 21.5 Å². The van der Waals surface area contributed by atoms with Gasteiger partial charge in [0.05, 0.1) is 6.54 Å². The summed E-state index contributed by atoms with van der Waals surface area (Å²) < 4.78 is 32.8. The van der Waals surface area contributed by atoms with Crippen LogP contribution >= 0.6 is 0 Å². The van der Waals surface area contributed by atoms with Gasteiger partial charge in [-0.25, -0.2) is 13.1 Å². The van der Waals surface area contributed by atoms with Gasteiger partial charge in [-0.15, -0.1) is 0 Å². The zero-order chi connectivity index (χ0) is 14.8. The minimum absolute atomic E-state index is 0.258. The highest BCUT2D eigenvalue weighted by atomic mass is 32.2. The number of aryl methyl sites for hydroxylation is 1. The number of sulfonamides is 1. The second-order valence-corrected chi connectivity index (χ2v) is 7.32. The number of hydrogen-bond donors (Lipinski definition) is 2.